The van der Waals surface area contributed by atoms with Crippen LogP contribution in [0.5, 0.6) is 0 Å². The monoisotopic (exact) mass is 239 g/mol. The van der Waals surface area contributed by atoms with Crippen LogP contribution >= 0.6 is 0 Å². The van der Waals surface area contributed by atoms with Gasteiger partial charge in [-0.2, -0.15) is 0 Å². The number of carbonyl (C=O) groups is 3. The van der Waals surface area contributed by atoms with Crippen molar-refractivity contribution >= 4 is 17.6 Å². The number of likely N-dealkylation sites (N-methyl/N-ethyl adjacent to an activating group) is 1. The fraction of sp³-hybridized carbons (Fsp3) is 0.545. The van der Waals surface area contributed by atoms with E-state index < -0.39 is 11.9 Å². The Morgan fingerprint density at radius 1 is 1.35 bits per heavy atom. The third-order valence-corrected chi connectivity index (χ3v) is 2.78. The minimum Gasteiger partial charge on any atom is -0.368 e. The lowest BCUT2D eigenvalue weighted by Gasteiger charge is -2.20. The number of carbonyl (C=O) groups excluding carboxylic acids is 3. The van der Waals surface area contributed by atoms with E-state index in [1.807, 2.05) is 0 Å². The van der Waals surface area contributed by atoms with Crippen molar-refractivity contribution in [2.45, 2.75) is 25.4 Å². The number of nitrogens with one attached hydrogen (secondary N) is 1. The number of rotatable bonds is 4. The summed E-state index contributed by atoms with van der Waals surface area (Å²) in [6.45, 7) is 1.78. The fourth-order valence-electron chi connectivity index (χ4n) is 1.84. The average Bonchev–Trinajstić information content (AvgIpc) is 2.69. The summed E-state index contributed by atoms with van der Waals surface area (Å²) in [5, 5.41) is 3.01. The van der Waals surface area contributed by atoms with E-state index in [4.69, 9.17) is 5.73 Å². The molecule has 6 heteroatoms. The molecule has 0 unspecified atom stereocenters. The molecule has 2 atom stereocenters. The SMILES string of the molecule is CN[C@@H]1C[C@H](C(N)=O)N(C(=O)/C=C/C(C)=O)C1. The van der Waals surface area contributed by atoms with Crippen molar-refractivity contribution in [3.63, 3.8) is 0 Å². The summed E-state index contributed by atoms with van der Waals surface area (Å²) in [6.07, 6.45) is 2.87. The highest BCUT2D eigenvalue weighted by molar-refractivity contribution is 5.98. The Labute approximate surface area is 99.8 Å². The zero-order valence-corrected chi connectivity index (χ0v) is 9.97. The first-order chi connectivity index (χ1) is 7.95. The van der Waals surface area contributed by atoms with Crippen molar-refractivity contribution in [2.24, 2.45) is 5.73 Å². The normalized spacial score (nSPS) is 24.2. The smallest absolute Gasteiger partial charge is 0.247 e. The van der Waals surface area contributed by atoms with Gasteiger partial charge in [-0.15, -0.1) is 0 Å². The van der Waals surface area contributed by atoms with Gasteiger partial charge in [-0.25, -0.2) is 0 Å². The van der Waals surface area contributed by atoms with Gasteiger partial charge in [0.15, 0.2) is 5.78 Å². The van der Waals surface area contributed by atoms with Crippen LogP contribution in [0, 0.1) is 0 Å². The fourth-order valence-corrected chi connectivity index (χ4v) is 1.84. The minimum absolute atomic E-state index is 0.0576. The first kappa shape index (κ1) is 13.4. The number of nitrogens with zero attached hydrogens (tertiary/aromatic N) is 1. The highest BCUT2D eigenvalue weighted by Gasteiger charge is 2.36. The molecular weight excluding hydrogens is 222 g/mol. The van der Waals surface area contributed by atoms with Crippen molar-refractivity contribution in [2.75, 3.05) is 13.6 Å². The van der Waals surface area contributed by atoms with Gasteiger partial charge in [-0.05, 0) is 26.5 Å². The molecule has 1 fully saturated rings. The summed E-state index contributed by atoms with van der Waals surface area (Å²) in [5.74, 6) is -1.09. The summed E-state index contributed by atoms with van der Waals surface area (Å²) >= 11 is 0. The second-order valence-corrected chi connectivity index (χ2v) is 4.07. The lowest BCUT2D eigenvalue weighted by Crippen LogP contribution is -2.43. The predicted molar refractivity (Wildman–Crippen MR) is 62.0 cm³/mol. The second-order valence-electron chi connectivity index (χ2n) is 4.07. The van der Waals surface area contributed by atoms with Crippen LogP contribution in [-0.4, -0.2) is 48.2 Å². The summed E-state index contributed by atoms with van der Waals surface area (Å²) < 4.78 is 0. The van der Waals surface area contributed by atoms with Gasteiger partial charge in [-0.3, -0.25) is 14.4 Å². The molecule has 0 spiro atoms. The van der Waals surface area contributed by atoms with E-state index in [-0.39, 0.29) is 17.7 Å². The molecule has 0 aliphatic carbocycles. The zero-order chi connectivity index (χ0) is 13.0. The van der Waals surface area contributed by atoms with Gasteiger partial charge in [0.2, 0.25) is 11.8 Å². The van der Waals surface area contributed by atoms with Crippen LogP contribution in [0.3, 0.4) is 0 Å². The van der Waals surface area contributed by atoms with Crippen molar-refractivity contribution < 1.29 is 14.4 Å². The Balaban J connectivity index is 2.76. The van der Waals surface area contributed by atoms with E-state index in [0.29, 0.717) is 13.0 Å². The molecular formula is C11H17N3O3. The Morgan fingerprint density at radius 2 is 2.00 bits per heavy atom. The number of ketones is 1. The van der Waals surface area contributed by atoms with Gasteiger partial charge in [0.1, 0.15) is 6.04 Å². The Hall–Kier alpha value is -1.69. The largest absolute Gasteiger partial charge is 0.368 e. The maximum absolute atomic E-state index is 11.8. The number of hydrogen-bond donors (Lipinski definition) is 2. The van der Waals surface area contributed by atoms with Crippen LogP contribution in [0.2, 0.25) is 0 Å². The van der Waals surface area contributed by atoms with Crippen LogP contribution in [0.1, 0.15) is 13.3 Å². The van der Waals surface area contributed by atoms with Crippen LogP contribution in [0.15, 0.2) is 12.2 Å². The second kappa shape index (κ2) is 5.58. The van der Waals surface area contributed by atoms with Crippen LogP contribution < -0.4 is 11.1 Å². The quantitative estimate of drug-likeness (QED) is 0.603. The van der Waals surface area contributed by atoms with Crippen molar-refractivity contribution in [1.29, 1.82) is 0 Å². The molecule has 1 aliphatic heterocycles. The molecule has 3 N–H and O–H groups in total. The van der Waals surface area contributed by atoms with Crippen LogP contribution in [-0.2, 0) is 14.4 Å². The summed E-state index contributed by atoms with van der Waals surface area (Å²) in [6, 6.07) is -0.543. The summed E-state index contributed by atoms with van der Waals surface area (Å²) in [7, 11) is 1.77. The van der Waals surface area contributed by atoms with E-state index in [2.05, 4.69) is 5.32 Å². The van der Waals surface area contributed by atoms with E-state index in [1.54, 1.807) is 7.05 Å². The molecule has 0 saturated carbocycles. The molecule has 0 radical (unpaired) electrons. The maximum Gasteiger partial charge on any atom is 0.247 e. The van der Waals surface area contributed by atoms with Gasteiger partial charge in [0.25, 0.3) is 0 Å². The van der Waals surface area contributed by atoms with Gasteiger partial charge in [-0.1, -0.05) is 0 Å². The third kappa shape index (κ3) is 3.39. The molecule has 2 amide bonds. The van der Waals surface area contributed by atoms with E-state index in [1.165, 1.54) is 24.0 Å². The minimum atomic E-state index is -0.600. The summed E-state index contributed by atoms with van der Waals surface area (Å²) in [5.41, 5.74) is 5.25. The Morgan fingerprint density at radius 3 is 2.47 bits per heavy atom. The first-order valence-electron chi connectivity index (χ1n) is 5.41. The van der Waals surface area contributed by atoms with E-state index in [0.717, 1.165) is 0 Å². The lowest BCUT2D eigenvalue weighted by molar-refractivity contribution is -0.133. The Bertz CT molecular complexity index is 365. The number of primary amides is 1. The van der Waals surface area contributed by atoms with Crippen molar-refractivity contribution in [1.82, 2.24) is 10.2 Å². The summed E-state index contributed by atoms with van der Waals surface area (Å²) in [4.78, 5) is 35.1. The molecule has 0 aromatic rings. The zero-order valence-electron chi connectivity index (χ0n) is 9.97. The molecule has 1 saturated heterocycles. The number of nitrogens with two attached hydrogens (primary N) is 1. The topological polar surface area (TPSA) is 92.5 Å². The number of hydrogen-bond acceptors (Lipinski definition) is 4. The molecule has 0 bridgehead atoms. The van der Waals surface area contributed by atoms with Gasteiger partial charge in [0.05, 0.1) is 0 Å². The van der Waals surface area contributed by atoms with Crippen LogP contribution in [0.4, 0.5) is 0 Å². The molecule has 0 aromatic carbocycles. The maximum atomic E-state index is 11.8. The number of amides is 2. The molecule has 1 rings (SSSR count). The molecule has 0 aromatic heterocycles. The molecule has 1 heterocycles. The predicted octanol–water partition coefficient (Wildman–Crippen LogP) is -1.19. The molecule has 17 heavy (non-hydrogen) atoms. The average molecular weight is 239 g/mol. The Kier molecular flexibility index (Phi) is 4.39. The highest BCUT2D eigenvalue weighted by atomic mass is 16.2. The first-order valence-corrected chi connectivity index (χ1v) is 5.41. The van der Waals surface area contributed by atoms with Crippen LogP contribution in [0.25, 0.3) is 0 Å². The molecule has 94 valence electrons. The molecule has 6 nitrogen and oxygen atoms in total. The van der Waals surface area contributed by atoms with Gasteiger partial charge < -0.3 is 16.0 Å². The lowest BCUT2D eigenvalue weighted by atomic mass is 10.1. The highest BCUT2D eigenvalue weighted by Crippen LogP contribution is 2.17. The van der Waals surface area contributed by atoms with E-state index >= 15 is 0 Å². The van der Waals surface area contributed by atoms with Gasteiger partial charge >= 0.3 is 0 Å². The number of allylic oxidation sites excluding steroid dienone is 1. The van der Waals surface area contributed by atoms with Crippen molar-refractivity contribution in [3.8, 4) is 0 Å². The molecule has 1 aliphatic rings. The third-order valence-electron chi connectivity index (χ3n) is 2.78. The van der Waals surface area contributed by atoms with Gasteiger partial charge in [0, 0.05) is 18.7 Å². The number of likely N-dealkylation sites (tertiary alicyclic amines) is 1. The standard InChI is InChI=1S/C11H17N3O3/c1-7(15)3-4-10(16)14-6-8(13-2)5-9(14)11(12)17/h3-4,8-9,13H,5-6H2,1-2H3,(H2,12,17)/b4-3+/t8-,9-/m1/s1. The van der Waals surface area contributed by atoms with Crippen molar-refractivity contribution in [3.05, 3.63) is 12.2 Å². The van der Waals surface area contributed by atoms with E-state index in [9.17, 15) is 14.4 Å².